The highest BCUT2D eigenvalue weighted by atomic mass is 35.5. The van der Waals surface area contributed by atoms with E-state index in [0.29, 0.717) is 28.5 Å². The van der Waals surface area contributed by atoms with Gasteiger partial charge in [-0.3, -0.25) is 4.79 Å². The Labute approximate surface area is 181 Å². The van der Waals surface area contributed by atoms with Gasteiger partial charge in [0.15, 0.2) is 9.84 Å². The van der Waals surface area contributed by atoms with Crippen LogP contribution in [0, 0.1) is 6.92 Å². The van der Waals surface area contributed by atoms with Crippen molar-refractivity contribution in [3.8, 4) is 11.3 Å². The summed E-state index contributed by atoms with van der Waals surface area (Å²) in [4.78, 5) is 14.9. The van der Waals surface area contributed by atoms with Crippen LogP contribution >= 0.6 is 11.6 Å². The number of sulfone groups is 1. The summed E-state index contributed by atoms with van der Waals surface area (Å²) in [6.45, 7) is 2.12. The molecule has 0 radical (unpaired) electrons. The summed E-state index contributed by atoms with van der Waals surface area (Å²) in [7, 11) is -3.14. The average molecular weight is 444 g/mol. The minimum absolute atomic E-state index is 0.0214. The highest BCUT2D eigenvalue weighted by molar-refractivity contribution is 7.91. The fourth-order valence-corrected chi connectivity index (χ4v) is 5.68. The van der Waals surface area contributed by atoms with Gasteiger partial charge in [0.25, 0.3) is 5.91 Å². The van der Waals surface area contributed by atoms with Gasteiger partial charge in [-0.25, -0.2) is 8.42 Å². The van der Waals surface area contributed by atoms with Gasteiger partial charge in [-0.1, -0.05) is 41.4 Å². The van der Waals surface area contributed by atoms with E-state index in [-0.39, 0.29) is 30.0 Å². The second kappa shape index (κ2) is 8.28. The lowest BCUT2D eigenvalue weighted by Crippen LogP contribution is -2.40. The highest BCUT2D eigenvalue weighted by Crippen LogP contribution is 2.27. The molecule has 4 rings (SSSR count). The van der Waals surface area contributed by atoms with Gasteiger partial charge in [0, 0.05) is 22.2 Å². The van der Waals surface area contributed by atoms with Gasteiger partial charge in [-0.05, 0) is 49.7 Å². The first-order valence-corrected chi connectivity index (χ1v) is 11.9. The molecule has 0 aliphatic carbocycles. The Morgan fingerprint density at radius 2 is 1.93 bits per heavy atom. The number of aryl methyl sites for hydroxylation is 1. The molecule has 0 spiro atoms. The van der Waals surface area contributed by atoms with Crippen molar-refractivity contribution >= 4 is 27.3 Å². The third-order valence-corrected chi connectivity index (χ3v) is 7.26. The Kier molecular flexibility index (Phi) is 5.71. The maximum Gasteiger partial charge on any atom is 0.254 e. The third kappa shape index (κ3) is 4.60. The zero-order valence-electron chi connectivity index (χ0n) is 16.5. The Morgan fingerprint density at radius 1 is 1.13 bits per heavy atom. The van der Waals surface area contributed by atoms with Crippen LogP contribution in [0.25, 0.3) is 11.3 Å². The molecule has 1 aromatic heterocycles. The fourth-order valence-electron chi connectivity index (χ4n) is 3.76. The van der Waals surface area contributed by atoms with Crippen LogP contribution in [0.5, 0.6) is 0 Å². The predicted octanol–water partition coefficient (Wildman–Crippen LogP) is 4.74. The summed E-state index contributed by atoms with van der Waals surface area (Å²) < 4.78 is 30.1. The van der Waals surface area contributed by atoms with Crippen molar-refractivity contribution in [2.45, 2.75) is 25.9 Å². The second-order valence-electron chi connectivity index (χ2n) is 7.64. The maximum atomic E-state index is 13.3. The number of hydrogen-bond acceptors (Lipinski definition) is 4. The Hall–Kier alpha value is -2.57. The molecule has 1 unspecified atom stereocenters. The molecule has 156 valence electrons. The highest BCUT2D eigenvalue weighted by Gasteiger charge is 2.35. The standard InChI is InChI=1S/C23H22ClNO4S/c1-16-4-2-6-18(12-16)23(26)25(20-10-11-30(27,28)15-20)14-21-8-9-22(29-21)17-5-3-7-19(24)13-17/h2-9,12-13,20H,10-11,14-15H2,1H3. The number of carbonyl (C=O) groups is 1. The number of halogens is 1. The molecular formula is C23H22ClNO4S. The van der Waals surface area contributed by atoms with Crippen molar-refractivity contribution in [3.05, 3.63) is 82.6 Å². The number of carbonyl (C=O) groups excluding carboxylic acids is 1. The van der Waals surface area contributed by atoms with Crippen LogP contribution in [-0.2, 0) is 16.4 Å². The van der Waals surface area contributed by atoms with Gasteiger partial charge in [0.05, 0.1) is 18.1 Å². The molecule has 2 aromatic carbocycles. The van der Waals surface area contributed by atoms with Crippen molar-refractivity contribution in [2.24, 2.45) is 0 Å². The van der Waals surface area contributed by atoms with E-state index < -0.39 is 9.84 Å². The van der Waals surface area contributed by atoms with Crippen molar-refractivity contribution in [1.29, 1.82) is 0 Å². The number of nitrogens with zero attached hydrogens (tertiary/aromatic N) is 1. The molecule has 2 heterocycles. The minimum atomic E-state index is -3.14. The van der Waals surface area contributed by atoms with Gasteiger partial charge in [0.1, 0.15) is 11.5 Å². The van der Waals surface area contributed by atoms with Crippen molar-refractivity contribution in [3.63, 3.8) is 0 Å². The quantitative estimate of drug-likeness (QED) is 0.571. The van der Waals surface area contributed by atoms with E-state index in [1.165, 1.54) is 0 Å². The van der Waals surface area contributed by atoms with Crippen LogP contribution in [0.3, 0.4) is 0 Å². The van der Waals surface area contributed by atoms with E-state index in [1.54, 1.807) is 17.0 Å². The molecular weight excluding hydrogens is 422 g/mol. The number of amides is 1. The van der Waals surface area contributed by atoms with Crippen molar-refractivity contribution in [1.82, 2.24) is 4.90 Å². The molecule has 1 saturated heterocycles. The third-order valence-electron chi connectivity index (χ3n) is 5.27. The lowest BCUT2D eigenvalue weighted by Gasteiger charge is -2.27. The molecule has 0 saturated carbocycles. The number of rotatable bonds is 5. The van der Waals surface area contributed by atoms with Gasteiger partial charge >= 0.3 is 0 Å². The normalized spacial score (nSPS) is 17.7. The first-order chi connectivity index (χ1) is 14.3. The summed E-state index contributed by atoms with van der Waals surface area (Å²) in [6.07, 6.45) is 0.432. The number of hydrogen-bond donors (Lipinski definition) is 0. The first kappa shape index (κ1) is 20.7. The van der Waals surface area contributed by atoms with E-state index in [1.807, 2.05) is 55.5 Å². The largest absolute Gasteiger partial charge is 0.459 e. The molecule has 1 fully saturated rings. The molecule has 3 aromatic rings. The smallest absolute Gasteiger partial charge is 0.254 e. The molecule has 0 N–H and O–H groups in total. The zero-order valence-corrected chi connectivity index (χ0v) is 18.1. The summed E-state index contributed by atoms with van der Waals surface area (Å²) in [5.41, 5.74) is 2.36. The molecule has 7 heteroatoms. The summed E-state index contributed by atoms with van der Waals surface area (Å²) in [5, 5.41) is 0.609. The zero-order chi connectivity index (χ0) is 21.3. The second-order valence-corrected chi connectivity index (χ2v) is 10.3. The van der Waals surface area contributed by atoms with Crippen LogP contribution in [0.15, 0.2) is 65.1 Å². The van der Waals surface area contributed by atoms with Crippen LogP contribution < -0.4 is 0 Å². The van der Waals surface area contributed by atoms with Crippen LogP contribution in [0.2, 0.25) is 5.02 Å². The number of furan rings is 1. The van der Waals surface area contributed by atoms with Gasteiger partial charge in [0.2, 0.25) is 0 Å². The number of benzene rings is 2. The van der Waals surface area contributed by atoms with Crippen molar-refractivity contribution < 1.29 is 17.6 Å². The van der Waals surface area contributed by atoms with Crippen molar-refractivity contribution in [2.75, 3.05) is 11.5 Å². The van der Waals surface area contributed by atoms with Gasteiger partial charge in [-0.15, -0.1) is 0 Å². The van der Waals surface area contributed by atoms with E-state index in [2.05, 4.69) is 0 Å². The Balaban J connectivity index is 1.63. The minimum Gasteiger partial charge on any atom is -0.459 e. The Bertz CT molecular complexity index is 1190. The molecule has 1 atom stereocenters. The van der Waals surface area contributed by atoms with Gasteiger partial charge < -0.3 is 9.32 Å². The van der Waals surface area contributed by atoms with Crippen LogP contribution in [-0.4, -0.2) is 36.8 Å². The SMILES string of the molecule is Cc1cccc(C(=O)N(Cc2ccc(-c3cccc(Cl)c3)o2)C2CCS(=O)(=O)C2)c1. The van der Waals surface area contributed by atoms with E-state index in [4.69, 9.17) is 16.0 Å². The van der Waals surface area contributed by atoms with E-state index >= 15 is 0 Å². The fraction of sp³-hybridized carbons (Fsp3) is 0.261. The summed E-state index contributed by atoms with van der Waals surface area (Å²) in [6, 6.07) is 17.9. The molecule has 1 amide bonds. The maximum absolute atomic E-state index is 13.3. The summed E-state index contributed by atoms with van der Waals surface area (Å²) >= 11 is 6.07. The molecule has 0 bridgehead atoms. The molecule has 1 aliphatic heterocycles. The van der Waals surface area contributed by atoms with E-state index in [9.17, 15) is 13.2 Å². The molecule has 30 heavy (non-hydrogen) atoms. The predicted molar refractivity (Wildman–Crippen MR) is 117 cm³/mol. The molecule has 5 nitrogen and oxygen atoms in total. The lowest BCUT2D eigenvalue weighted by atomic mass is 10.1. The monoisotopic (exact) mass is 443 g/mol. The average Bonchev–Trinajstić information content (AvgIpc) is 3.32. The Morgan fingerprint density at radius 3 is 2.63 bits per heavy atom. The lowest BCUT2D eigenvalue weighted by molar-refractivity contribution is 0.0666. The van der Waals surface area contributed by atoms with Crippen LogP contribution in [0.1, 0.15) is 28.1 Å². The molecule has 1 aliphatic rings. The van der Waals surface area contributed by atoms with Gasteiger partial charge in [-0.2, -0.15) is 0 Å². The summed E-state index contributed by atoms with van der Waals surface area (Å²) in [5.74, 6) is 1.12. The van der Waals surface area contributed by atoms with E-state index in [0.717, 1.165) is 11.1 Å². The first-order valence-electron chi connectivity index (χ1n) is 9.73. The van der Waals surface area contributed by atoms with Crippen LogP contribution in [0.4, 0.5) is 0 Å². The topological polar surface area (TPSA) is 67.6 Å².